The smallest absolute Gasteiger partial charge is 0.269 e. The number of benzene rings is 2. The summed E-state index contributed by atoms with van der Waals surface area (Å²) in [6.07, 6.45) is 0.629. The van der Waals surface area contributed by atoms with Crippen molar-refractivity contribution in [2.24, 2.45) is 4.99 Å². The maximum Gasteiger partial charge on any atom is 0.269 e. The Kier molecular flexibility index (Phi) is 4.41. The van der Waals surface area contributed by atoms with Gasteiger partial charge in [-0.05, 0) is 37.1 Å². The number of aryl methyl sites for hydroxylation is 1. The van der Waals surface area contributed by atoms with Gasteiger partial charge in [0.15, 0.2) is 0 Å². The molecule has 0 aliphatic rings. The second kappa shape index (κ2) is 6.26. The summed E-state index contributed by atoms with van der Waals surface area (Å²) < 4.78 is 0. The average Bonchev–Trinajstić information content (AvgIpc) is 2.47. The van der Waals surface area contributed by atoms with E-state index in [1.807, 2.05) is 6.92 Å². The normalized spacial score (nSPS) is 11.5. The molecule has 0 saturated carbocycles. The van der Waals surface area contributed by atoms with E-state index < -0.39 is 4.92 Å². The van der Waals surface area contributed by atoms with E-state index in [9.17, 15) is 20.3 Å². The number of phenols is 2. The highest BCUT2D eigenvalue weighted by Gasteiger charge is 2.10. The molecule has 2 rings (SSSR count). The lowest BCUT2D eigenvalue weighted by molar-refractivity contribution is -0.384. The molecule has 0 bridgehead atoms. The first-order chi connectivity index (χ1) is 10.4. The number of rotatable bonds is 4. The molecule has 0 amide bonds. The molecule has 2 aromatic carbocycles. The predicted octanol–water partition coefficient (Wildman–Crippen LogP) is 3.71. The molecule has 22 heavy (non-hydrogen) atoms. The van der Waals surface area contributed by atoms with Gasteiger partial charge in [-0.3, -0.25) is 15.1 Å². The molecular formula is C16H16N2O4. The van der Waals surface area contributed by atoms with E-state index in [2.05, 4.69) is 4.99 Å². The van der Waals surface area contributed by atoms with Gasteiger partial charge in [0, 0.05) is 29.5 Å². The zero-order chi connectivity index (χ0) is 16.3. The van der Waals surface area contributed by atoms with E-state index in [0.717, 1.165) is 0 Å². The molecule has 0 saturated heterocycles. The summed E-state index contributed by atoms with van der Waals surface area (Å²) in [5.74, 6) is -0.00949. The molecule has 0 aromatic heterocycles. The minimum atomic E-state index is -0.473. The SMILES string of the molecule is CCc1cc(C(C)=Nc2ccc([N+](=O)[O-])cc2)c(O)cc1O. The summed E-state index contributed by atoms with van der Waals surface area (Å²) in [7, 11) is 0. The second-order valence-electron chi connectivity index (χ2n) is 4.82. The van der Waals surface area contributed by atoms with Crippen LogP contribution < -0.4 is 0 Å². The molecule has 114 valence electrons. The van der Waals surface area contributed by atoms with Crippen LogP contribution in [0, 0.1) is 10.1 Å². The summed E-state index contributed by atoms with van der Waals surface area (Å²) >= 11 is 0. The van der Waals surface area contributed by atoms with Gasteiger partial charge in [-0.25, -0.2) is 0 Å². The van der Waals surface area contributed by atoms with Crippen LogP contribution in [0.2, 0.25) is 0 Å². The van der Waals surface area contributed by atoms with Gasteiger partial charge in [0.05, 0.1) is 10.6 Å². The second-order valence-corrected chi connectivity index (χ2v) is 4.82. The molecular weight excluding hydrogens is 284 g/mol. The number of non-ortho nitro benzene ring substituents is 1. The Hall–Kier alpha value is -2.89. The molecule has 6 nitrogen and oxygen atoms in total. The lowest BCUT2D eigenvalue weighted by Crippen LogP contribution is -1.97. The lowest BCUT2D eigenvalue weighted by atomic mass is 10.0. The van der Waals surface area contributed by atoms with Crippen LogP contribution in [-0.4, -0.2) is 20.8 Å². The molecule has 0 unspecified atom stereocenters. The van der Waals surface area contributed by atoms with E-state index in [4.69, 9.17) is 0 Å². The van der Waals surface area contributed by atoms with E-state index in [-0.39, 0.29) is 17.2 Å². The van der Waals surface area contributed by atoms with Gasteiger partial charge in [0.2, 0.25) is 0 Å². The zero-order valence-electron chi connectivity index (χ0n) is 12.3. The number of hydrogen-bond acceptors (Lipinski definition) is 5. The number of aliphatic imine (C=N–C) groups is 1. The molecule has 6 heteroatoms. The third-order valence-corrected chi connectivity index (χ3v) is 3.32. The molecule has 0 aliphatic heterocycles. The third-order valence-electron chi connectivity index (χ3n) is 3.32. The maximum absolute atomic E-state index is 10.6. The number of aromatic hydroxyl groups is 2. The summed E-state index contributed by atoms with van der Waals surface area (Å²) in [5, 5.41) is 30.3. The molecule has 0 aliphatic carbocycles. The van der Waals surface area contributed by atoms with Gasteiger partial charge in [-0.15, -0.1) is 0 Å². The van der Waals surface area contributed by atoms with Crippen LogP contribution in [0.3, 0.4) is 0 Å². The van der Waals surface area contributed by atoms with E-state index in [1.54, 1.807) is 25.1 Å². The van der Waals surface area contributed by atoms with Crippen molar-refractivity contribution in [3.8, 4) is 11.5 Å². The molecule has 0 spiro atoms. The Balaban J connectivity index is 2.38. The van der Waals surface area contributed by atoms with Gasteiger partial charge in [-0.2, -0.15) is 0 Å². The van der Waals surface area contributed by atoms with Crippen molar-refractivity contribution in [3.63, 3.8) is 0 Å². The molecule has 2 aromatic rings. The quantitative estimate of drug-likeness (QED) is 0.511. The highest BCUT2D eigenvalue weighted by Crippen LogP contribution is 2.29. The summed E-state index contributed by atoms with van der Waals surface area (Å²) in [5.41, 5.74) is 2.34. The highest BCUT2D eigenvalue weighted by atomic mass is 16.6. The Morgan fingerprint density at radius 3 is 2.36 bits per heavy atom. The number of nitrogens with zero attached hydrogens (tertiary/aromatic N) is 2. The van der Waals surface area contributed by atoms with Crippen molar-refractivity contribution in [1.29, 1.82) is 0 Å². The van der Waals surface area contributed by atoms with E-state index >= 15 is 0 Å². The first kappa shape index (κ1) is 15.5. The average molecular weight is 300 g/mol. The largest absolute Gasteiger partial charge is 0.508 e. The first-order valence-electron chi connectivity index (χ1n) is 6.77. The Morgan fingerprint density at radius 2 is 1.82 bits per heavy atom. The van der Waals surface area contributed by atoms with Crippen LogP contribution in [0.5, 0.6) is 11.5 Å². The number of nitro benzene ring substituents is 1. The van der Waals surface area contributed by atoms with Crippen LogP contribution in [0.25, 0.3) is 0 Å². The predicted molar refractivity (Wildman–Crippen MR) is 84.1 cm³/mol. The molecule has 0 radical (unpaired) electrons. The molecule has 0 atom stereocenters. The van der Waals surface area contributed by atoms with Crippen molar-refractivity contribution in [3.05, 3.63) is 57.6 Å². The van der Waals surface area contributed by atoms with Crippen LogP contribution in [0.15, 0.2) is 41.4 Å². The fourth-order valence-corrected chi connectivity index (χ4v) is 2.10. The molecule has 0 fully saturated rings. The van der Waals surface area contributed by atoms with Gasteiger partial charge in [0.25, 0.3) is 5.69 Å². The maximum atomic E-state index is 10.6. The van der Waals surface area contributed by atoms with Gasteiger partial charge < -0.3 is 10.2 Å². The van der Waals surface area contributed by atoms with E-state index in [1.165, 1.54) is 18.2 Å². The summed E-state index contributed by atoms with van der Waals surface area (Å²) in [6.45, 7) is 3.63. The first-order valence-corrected chi connectivity index (χ1v) is 6.77. The van der Waals surface area contributed by atoms with Crippen molar-refractivity contribution in [2.45, 2.75) is 20.3 Å². The van der Waals surface area contributed by atoms with Crippen molar-refractivity contribution in [2.75, 3.05) is 0 Å². The van der Waals surface area contributed by atoms with Crippen molar-refractivity contribution < 1.29 is 15.1 Å². The fourth-order valence-electron chi connectivity index (χ4n) is 2.10. The van der Waals surface area contributed by atoms with Gasteiger partial charge >= 0.3 is 0 Å². The highest BCUT2D eigenvalue weighted by molar-refractivity contribution is 6.02. The third kappa shape index (κ3) is 3.22. The van der Waals surface area contributed by atoms with Crippen LogP contribution >= 0.6 is 0 Å². The monoisotopic (exact) mass is 300 g/mol. The van der Waals surface area contributed by atoms with Gasteiger partial charge in [0.1, 0.15) is 11.5 Å². The minimum absolute atomic E-state index is 0.00245. The Labute approximate surface area is 127 Å². The lowest BCUT2D eigenvalue weighted by Gasteiger charge is -2.09. The molecule has 2 N–H and O–H groups in total. The topological polar surface area (TPSA) is 96.0 Å². The molecule has 0 heterocycles. The Morgan fingerprint density at radius 1 is 1.18 bits per heavy atom. The van der Waals surface area contributed by atoms with E-state index in [0.29, 0.717) is 28.9 Å². The zero-order valence-corrected chi connectivity index (χ0v) is 12.3. The fraction of sp³-hybridized carbons (Fsp3) is 0.188. The van der Waals surface area contributed by atoms with Crippen LogP contribution in [0.1, 0.15) is 25.0 Å². The number of phenolic OH excluding ortho intramolecular Hbond substituents is 2. The van der Waals surface area contributed by atoms with Crippen molar-refractivity contribution in [1.82, 2.24) is 0 Å². The van der Waals surface area contributed by atoms with Crippen LogP contribution in [0.4, 0.5) is 11.4 Å². The number of hydrogen-bond donors (Lipinski definition) is 2. The minimum Gasteiger partial charge on any atom is -0.508 e. The number of nitro groups is 1. The Bertz CT molecular complexity index is 737. The summed E-state index contributed by atoms with van der Waals surface area (Å²) in [6, 6.07) is 8.82. The summed E-state index contributed by atoms with van der Waals surface area (Å²) in [4.78, 5) is 14.5. The van der Waals surface area contributed by atoms with Crippen molar-refractivity contribution >= 4 is 17.1 Å². The standard InChI is InChI=1S/C16H16N2O4/c1-3-11-8-14(16(20)9-15(11)19)10(2)17-12-4-6-13(7-5-12)18(21)22/h4-9,19-20H,3H2,1-2H3. The van der Waals surface area contributed by atoms with Gasteiger partial charge in [-0.1, -0.05) is 6.92 Å². The van der Waals surface area contributed by atoms with Crippen LogP contribution in [-0.2, 0) is 6.42 Å².